The highest BCUT2D eigenvalue weighted by Crippen LogP contribution is 2.22. The molecule has 2 N–H and O–H groups in total. The van der Waals surface area contributed by atoms with E-state index in [1.54, 1.807) is 24.3 Å². The van der Waals surface area contributed by atoms with Gasteiger partial charge < -0.3 is 10.6 Å². The maximum absolute atomic E-state index is 11.8. The van der Waals surface area contributed by atoms with Gasteiger partial charge >= 0.3 is 6.03 Å². The highest BCUT2D eigenvalue weighted by molar-refractivity contribution is 6.19. The largest absolute Gasteiger partial charge is 0.399 e. The summed E-state index contributed by atoms with van der Waals surface area (Å²) < 4.78 is 0. The van der Waals surface area contributed by atoms with Crippen LogP contribution in [0.25, 0.3) is 0 Å². The molecule has 0 saturated carbocycles. The van der Waals surface area contributed by atoms with Crippen molar-refractivity contribution in [3.8, 4) is 0 Å². The maximum Gasteiger partial charge on any atom is 0.331 e. The van der Waals surface area contributed by atoms with Gasteiger partial charge in [0, 0.05) is 12.2 Å². The Morgan fingerprint density at radius 1 is 1.38 bits per heavy atom. The molecule has 3 amide bonds. The molecule has 1 saturated heterocycles. The molecule has 0 unspecified atom stereocenters. The van der Waals surface area contributed by atoms with Crippen LogP contribution in [0.15, 0.2) is 24.3 Å². The zero-order valence-electron chi connectivity index (χ0n) is 9.01. The first-order valence-corrected chi connectivity index (χ1v) is 5.11. The molecule has 0 aromatic heterocycles. The normalized spacial score (nSPS) is 16.1. The van der Waals surface area contributed by atoms with Crippen LogP contribution in [0.4, 0.5) is 16.2 Å². The minimum absolute atomic E-state index is 0.143. The minimum atomic E-state index is -0.280. The molecule has 2 rings (SSSR count). The molecule has 1 fully saturated rings. The van der Waals surface area contributed by atoms with E-state index >= 15 is 0 Å². The van der Waals surface area contributed by atoms with Gasteiger partial charge in [0.1, 0.15) is 6.54 Å². The van der Waals surface area contributed by atoms with Gasteiger partial charge in [0.2, 0.25) is 0 Å². The molecule has 1 aromatic rings. The van der Waals surface area contributed by atoms with E-state index in [1.165, 1.54) is 9.80 Å². The van der Waals surface area contributed by atoms with Crippen LogP contribution in [0, 0.1) is 0 Å². The first kappa shape index (κ1) is 10.5. The average molecular weight is 219 g/mol. The number of likely N-dealkylation sites (N-methyl/N-ethyl adjacent to an activating group) is 1. The lowest BCUT2D eigenvalue weighted by molar-refractivity contribution is -0.116. The summed E-state index contributed by atoms with van der Waals surface area (Å²) in [6.45, 7) is 2.52. The highest BCUT2D eigenvalue weighted by atomic mass is 16.2. The zero-order chi connectivity index (χ0) is 11.7. The number of nitrogens with zero attached hydrogens (tertiary/aromatic N) is 2. The standard InChI is InChI=1S/C11H13N3O2/c1-2-13-7-10(15)14(11(13)16)9-5-3-4-8(12)6-9/h3-6H,2,7,12H2,1H3. The van der Waals surface area contributed by atoms with E-state index < -0.39 is 0 Å². The molecule has 1 aliphatic rings. The Bertz CT molecular complexity index is 445. The van der Waals surface area contributed by atoms with Crippen molar-refractivity contribution in [3.05, 3.63) is 24.3 Å². The number of carbonyl (C=O) groups is 2. The van der Waals surface area contributed by atoms with E-state index in [9.17, 15) is 9.59 Å². The van der Waals surface area contributed by atoms with Crippen LogP contribution >= 0.6 is 0 Å². The van der Waals surface area contributed by atoms with Gasteiger partial charge in [-0.3, -0.25) is 4.79 Å². The van der Waals surface area contributed by atoms with E-state index in [4.69, 9.17) is 5.73 Å². The first-order chi connectivity index (χ1) is 7.63. The van der Waals surface area contributed by atoms with Gasteiger partial charge in [-0.1, -0.05) is 6.07 Å². The van der Waals surface area contributed by atoms with Crippen LogP contribution in [0.1, 0.15) is 6.92 Å². The van der Waals surface area contributed by atoms with E-state index in [2.05, 4.69) is 0 Å². The fourth-order valence-electron chi connectivity index (χ4n) is 1.72. The number of rotatable bonds is 2. The Kier molecular flexibility index (Phi) is 2.52. The summed E-state index contributed by atoms with van der Waals surface area (Å²) >= 11 is 0. The molecular weight excluding hydrogens is 206 g/mol. The van der Waals surface area contributed by atoms with Crippen molar-refractivity contribution in [3.63, 3.8) is 0 Å². The summed E-state index contributed by atoms with van der Waals surface area (Å²) in [5.41, 5.74) is 6.69. The highest BCUT2D eigenvalue weighted by Gasteiger charge is 2.35. The van der Waals surface area contributed by atoms with Gasteiger partial charge in [0.25, 0.3) is 5.91 Å². The number of nitrogens with two attached hydrogens (primary N) is 1. The van der Waals surface area contributed by atoms with E-state index in [0.717, 1.165) is 0 Å². The Labute approximate surface area is 93.4 Å². The number of hydrogen-bond donors (Lipinski definition) is 1. The number of urea groups is 1. The molecule has 0 atom stereocenters. The monoisotopic (exact) mass is 219 g/mol. The molecule has 0 bridgehead atoms. The second-order valence-corrected chi connectivity index (χ2v) is 3.62. The van der Waals surface area contributed by atoms with Crippen molar-refractivity contribution in [1.29, 1.82) is 0 Å². The Morgan fingerprint density at radius 3 is 2.69 bits per heavy atom. The average Bonchev–Trinajstić information content (AvgIpc) is 2.53. The van der Waals surface area contributed by atoms with Gasteiger partial charge in [0.15, 0.2) is 0 Å². The molecule has 0 spiro atoms. The van der Waals surface area contributed by atoms with Crippen LogP contribution in [0.5, 0.6) is 0 Å². The van der Waals surface area contributed by atoms with Crippen LogP contribution < -0.4 is 10.6 Å². The molecule has 0 radical (unpaired) electrons. The van der Waals surface area contributed by atoms with Crippen molar-refractivity contribution in [2.45, 2.75) is 6.92 Å². The summed E-state index contributed by atoms with van der Waals surface area (Å²) in [5, 5.41) is 0. The zero-order valence-corrected chi connectivity index (χ0v) is 9.01. The van der Waals surface area contributed by atoms with Crippen molar-refractivity contribution in [1.82, 2.24) is 4.90 Å². The number of benzene rings is 1. The number of nitrogen functional groups attached to an aromatic ring is 1. The van der Waals surface area contributed by atoms with Gasteiger partial charge in [-0.05, 0) is 25.1 Å². The van der Waals surface area contributed by atoms with Gasteiger partial charge in [-0.25, -0.2) is 9.69 Å². The smallest absolute Gasteiger partial charge is 0.331 e. The van der Waals surface area contributed by atoms with Crippen molar-refractivity contribution >= 4 is 23.3 Å². The molecule has 0 aliphatic carbocycles. The quantitative estimate of drug-likeness (QED) is 0.597. The Balaban J connectivity index is 2.34. The fraction of sp³-hybridized carbons (Fsp3) is 0.273. The lowest BCUT2D eigenvalue weighted by Crippen LogP contribution is -2.32. The van der Waals surface area contributed by atoms with Gasteiger partial charge in [-0.2, -0.15) is 0 Å². The molecule has 1 aliphatic heterocycles. The summed E-state index contributed by atoms with van der Waals surface area (Å²) in [4.78, 5) is 26.2. The van der Waals surface area contributed by atoms with Crippen molar-refractivity contribution in [2.24, 2.45) is 0 Å². The summed E-state index contributed by atoms with van der Waals surface area (Å²) in [6, 6.07) is 6.48. The molecule has 84 valence electrons. The molecule has 5 nitrogen and oxygen atoms in total. The number of carbonyl (C=O) groups excluding carboxylic acids is 2. The molecule has 1 heterocycles. The van der Waals surface area contributed by atoms with Crippen molar-refractivity contribution < 1.29 is 9.59 Å². The second kappa shape index (κ2) is 3.84. The lowest BCUT2D eigenvalue weighted by atomic mass is 10.2. The van der Waals surface area contributed by atoms with E-state index in [0.29, 0.717) is 17.9 Å². The minimum Gasteiger partial charge on any atom is -0.399 e. The summed E-state index contributed by atoms with van der Waals surface area (Å²) in [5.74, 6) is -0.211. The Hall–Kier alpha value is -2.04. The van der Waals surface area contributed by atoms with Crippen LogP contribution in [-0.2, 0) is 4.79 Å². The third-order valence-corrected chi connectivity index (χ3v) is 2.55. The van der Waals surface area contributed by atoms with Crippen LogP contribution in [0.3, 0.4) is 0 Å². The number of amides is 3. The molecule has 5 heteroatoms. The SMILES string of the molecule is CCN1CC(=O)N(c2cccc(N)c2)C1=O. The third-order valence-electron chi connectivity index (χ3n) is 2.55. The molecule has 16 heavy (non-hydrogen) atoms. The third kappa shape index (κ3) is 1.60. The van der Waals surface area contributed by atoms with Gasteiger partial charge in [0.05, 0.1) is 5.69 Å². The van der Waals surface area contributed by atoms with Gasteiger partial charge in [-0.15, -0.1) is 0 Å². The topological polar surface area (TPSA) is 66.6 Å². The summed E-state index contributed by atoms with van der Waals surface area (Å²) in [7, 11) is 0. The Morgan fingerprint density at radius 2 is 2.12 bits per heavy atom. The number of imide groups is 1. The second-order valence-electron chi connectivity index (χ2n) is 3.62. The lowest BCUT2D eigenvalue weighted by Gasteiger charge is -2.15. The predicted octanol–water partition coefficient (Wildman–Crippen LogP) is 1.06. The van der Waals surface area contributed by atoms with Crippen LogP contribution in [-0.4, -0.2) is 29.9 Å². The maximum atomic E-state index is 11.8. The van der Waals surface area contributed by atoms with E-state index in [-0.39, 0.29) is 18.5 Å². The first-order valence-electron chi connectivity index (χ1n) is 5.11. The molecular formula is C11H13N3O2. The van der Waals surface area contributed by atoms with E-state index in [1.807, 2.05) is 6.92 Å². The fourth-order valence-corrected chi connectivity index (χ4v) is 1.72. The number of hydrogen-bond acceptors (Lipinski definition) is 3. The molecule has 1 aromatic carbocycles. The number of anilines is 2. The van der Waals surface area contributed by atoms with Crippen LogP contribution in [0.2, 0.25) is 0 Å². The predicted molar refractivity (Wildman–Crippen MR) is 61.0 cm³/mol. The van der Waals surface area contributed by atoms with Crippen molar-refractivity contribution in [2.75, 3.05) is 23.7 Å². The summed E-state index contributed by atoms with van der Waals surface area (Å²) in [6.07, 6.45) is 0.